The normalized spacial score (nSPS) is 19.7. The molecule has 0 radical (unpaired) electrons. The highest BCUT2D eigenvalue weighted by Crippen LogP contribution is 2.29. The van der Waals surface area contributed by atoms with Crippen LogP contribution >= 0.6 is 0 Å². The molecule has 29 heavy (non-hydrogen) atoms. The Hall–Kier alpha value is -2.73. The Morgan fingerprint density at radius 1 is 1.10 bits per heavy atom. The summed E-state index contributed by atoms with van der Waals surface area (Å²) in [6, 6.07) is 10.8. The Bertz CT molecular complexity index is 1080. The van der Waals surface area contributed by atoms with Crippen molar-refractivity contribution in [2.45, 2.75) is 32.7 Å². The summed E-state index contributed by atoms with van der Waals surface area (Å²) >= 11 is 0. The lowest BCUT2D eigenvalue weighted by molar-refractivity contribution is 0.0573. The monoisotopic (exact) mass is 389 g/mol. The number of aryl methyl sites for hydroxylation is 3. The predicted octanol–water partition coefficient (Wildman–Crippen LogP) is 3.17. The Kier molecular flexibility index (Phi) is 4.39. The average Bonchev–Trinajstić information content (AvgIpc) is 3.31. The summed E-state index contributed by atoms with van der Waals surface area (Å²) in [6.45, 7) is 7.79. The fourth-order valence-corrected chi connectivity index (χ4v) is 4.83. The molecule has 3 aromatic rings. The lowest BCUT2D eigenvalue weighted by atomic mass is 10.0. The Balaban J connectivity index is 1.59. The summed E-state index contributed by atoms with van der Waals surface area (Å²) in [5, 5.41) is 5.43. The van der Waals surface area contributed by atoms with Crippen molar-refractivity contribution in [2.75, 3.05) is 26.2 Å². The first kappa shape index (κ1) is 18.3. The van der Waals surface area contributed by atoms with Gasteiger partial charge in [-0.25, -0.2) is 4.98 Å². The topological polar surface area (TPSA) is 54.3 Å². The van der Waals surface area contributed by atoms with E-state index >= 15 is 0 Å². The van der Waals surface area contributed by atoms with E-state index in [2.05, 4.69) is 41.2 Å². The molecule has 5 rings (SSSR count). The highest BCUT2D eigenvalue weighted by Gasteiger charge is 2.33. The molecule has 2 fully saturated rings. The number of carbonyl (C=O) groups excluding carboxylic acids is 1. The SMILES string of the molecule is Cc1ccc(-c2cc(C(=O)N3CCN4CCC[C@@H]4C3)c3c(C)nn(C)c3n2)cc1. The lowest BCUT2D eigenvalue weighted by Gasteiger charge is -2.37. The third-order valence-electron chi connectivity index (χ3n) is 6.42. The molecule has 0 N–H and O–H groups in total. The van der Waals surface area contributed by atoms with Crippen LogP contribution in [0.25, 0.3) is 22.3 Å². The molecule has 1 amide bonds. The number of nitrogens with zero attached hydrogens (tertiary/aromatic N) is 5. The molecule has 1 aromatic carbocycles. The van der Waals surface area contributed by atoms with Crippen LogP contribution in [0, 0.1) is 13.8 Å². The molecule has 1 atom stereocenters. The van der Waals surface area contributed by atoms with E-state index in [4.69, 9.17) is 4.98 Å². The van der Waals surface area contributed by atoms with Crippen molar-refractivity contribution in [3.63, 3.8) is 0 Å². The number of hydrogen-bond donors (Lipinski definition) is 0. The molecule has 6 nitrogen and oxygen atoms in total. The minimum Gasteiger partial charge on any atom is -0.336 e. The summed E-state index contributed by atoms with van der Waals surface area (Å²) in [5.41, 5.74) is 5.39. The molecule has 2 aliphatic heterocycles. The molecule has 150 valence electrons. The molecule has 4 heterocycles. The average molecular weight is 390 g/mol. The van der Waals surface area contributed by atoms with Crippen LogP contribution in [0.1, 0.15) is 34.5 Å². The second-order valence-electron chi connectivity index (χ2n) is 8.41. The molecule has 0 aliphatic carbocycles. The Morgan fingerprint density at radius 3 is 2.69 bits per heavy atom. The van der Waals surface area contributed by atoms with E-state index in [1.807, 2.05) is 24.9 Å². The zero-order chi connectivity index (χ0) is 20.1. The molecule has 0 spiro atoms. The molecular formula is C23H27N5O. The van der Waals surface area contributed by atoms with Crippen molar-refractivity contribution in [2.24, 2.45) is 7.05 Å². The van der Waals surface area contributed by atoms with Gasteiger partial charge in [0.15, 0.2) is 5.65 Å². The van der Waals surface area contributed by atoms with Crippen LogP contribution in [-0.4, -0.2) is 62.7 Å². The maximum Gasteiger partial charge on any atom is 0.254 e. The number of rotatable bonds is 2. The van der Waals surface area contributed by atoms with E-state index in [0.717, 1.165) is 53.2 Å². The van der Waals surface area contributed by atoms with Crippen molar-refractivity contribution >= 4 is 16.9 Å². The smallest absolute Gasteiger partial charge is 0.254 e. The van der Waals surface area contributed by atoms with E-state index in [1.165, 1.54) is 24.9 Å². The maximum absolute atomic E-state index is 13.6. The molecule has 2 aromatic heterocycles. The lowest BCUT2D eigenvalue weighted by Crippen LogP contribution is -2.52. The summed E-state index contributed by atoms with van der Waals surface area (Å²) in [4.78, 5) is 23.1. The van der Waals surface area contributed by atoms with Crippen LogP contribution < -0.4 is 0 Å². The van der Waals surface area contributed by atoms with Gasteiger partial charge in [-0.1, -0.05) is 29.8 Å². The molecule has 2 aliphatic rings. The number of benzene rings is 1. The second-order valence-corrected chi connectivity index (χ2v) is 8.41. The van der Waals surface area contributed by atoms with Gasteiger partial charge < -0.3 is 4.90 Å². The van der Waals surface area contributed by atoms with Gasteiger partial charge in [0.2, 0.25) is 0 Å². The van der Waals surface area contributed by atoms with Gasteiger partial charge in [0.1, 0.15) is 0 Å². The zero-order valence-electron chi connectivity index (χ0n) is 17.4. The number of amides is 1. The number of pyridine rings is 1. The summed E-state index contributed by atoms with van der Waals surface area (Å²) in [6.07, 6.45) is 2.43. The number of hydrogen-bond acceptors (Lipinski definition) is 4. The Morgan fingerprint density at radius 2 is 1.90 bits per heavy atom. The van der Waals surface area contributed by atoms with Crippen LogP contribution in [-0.2, 0) is 7.05 Å². The first-order chi connectivity index (χ1) is 14.0. The van der Waals surface area contributed by atoms with Gasteiger partial charge in [0, 0.05) is 38.3 Å². The third kappa shape index (κ3) is 3.12. The van der Waals surface area contributed by atoms with E-state index in [1.54, 1.807) is 4.68 Å². The van der Waals surface area contributed by atoms with Crippen LogP contribution in [0.3, 0.4) is 0 Å². The van der Waals surface area contributed by atoms with Crippen LogP contribution in [0.4, 0.5) is 0 Å². The molecule has 0 bridgehead atoms. The van der Waals surface area contributed by atoms with Crippen molar-refractivity contribution in [1.29, 1.82) is 0 Å². The highest BCUT2D eigenvalue weighted by molar-refractivity contribution is 6.07. The van der Waals surface area contributed by atoms with Gasteiger partial charge in [-0.15, -0.1) is 0 Å². The molecule has 0 saturated carbocycles. The van der Waals surface area contributed by atoms with E-state index < -0.39 is 0 Å². The number of aromatic nitrogens is 3. The van der Waals surface area contributed by atoms with Crippen LogP contribution in [0.15, 0.2) is 30.3 Å². The van der Waals surface area contributed by atoms with Crippen LogP contribution in [0.2, 0.25) is 0 Å². The van der Waals surface area contributed by atoms with Gasteiger partial charge in [-0.2, -0.15) is 5.10 Å². The largest absolute Gasteiger partial charge is 0.336 e. The number of carbonyl (C=O) groups is 1. The van der Waals surface area contributed by atoms with Crippen molar-refractivity contribution in [3.05, 3.63) is 47.2 Å². The third-order valence-corrected chi connectivity index (χ3v) is 6.42. The van der Waals surface area contributed by atoms with Gasteiger partial charge >= 0.3 is 0 Å². The Labute approximate surface area is 171 Å². The van der Waals surface area contributed by atoms with Crippen molar-refractivity contribution in [1.82, 2.24) is 24.6 Å². The van der Waals surface area contributed by atoms with E-state index in [9.17, 15) is 4.79 Å². The maximum atomic E-state index is 13.6. The van der Waals surface area contributed by atoms with Gasteiger partial charge in [-0.3, -0.25) is 14.4 Å². The van der Waals surface area contributed by atoms with Gasteiger partial charge in [-0.05, 0) is 39.3 Å². The van der Waals surface area contributed by atoms with Gasteiger partial charge in [0.05, 0.1) is 22.3 Å². The first-order valence-corrected chi connectivity index (χ1v) is 10.5. The number of piperazine rings is 1. The second kappa shape index (κ2) is 6.95. The zero-order valence-corrected chi connectivity index (χ0v) is 17.4. The summed E-state index contributed by atoms with van der Waals surface area (Å²) in [7, 11) is 1.90. The minimum absolute atomic E-state index is 0.105. The van der Waals surface area contributed by atoms with E-state index in [0.29, 0.717) is 6.04 Å². The fraction of sp³-hybridized carbons (Fsp3) is 0.435. The molecule has 0 unspecified atom stereocenters. The standard InChI is InChI=1S/C23H27N5O/c1-15-6-8-17(9-7-15)20-13-19(21-16(2)25-26(3)22(21)24-20)23(29)28-12-11-27-10-4-5-18(27)14-28/h6-9,13,18H,4-5,10-12,14H2,1-3H3/t18-/m1/s1. The van der Waals surface area contributed by atoms with Crippen LogP contribution in [0.5, 0.6) is 0 Å². The molecule has 6 heteroatoms. The highest BCUT2D eigenvalue weighted by atomic mass is 16.2. The summed E-state index contributed by atoms with van der Waals surface area (Å²) < 4.78 is 1.79. The quantitative estimate of drug-likeness (QED) is 0.676. The van der Waals surface area contributed by atoms with Crippen molar-refractivity contribution < 1.29 is 4.79 Å². The molecular weight excluding hydrogens is 362 g/mol. The van der Waals surface area contributed by atoms with E-state index in [-0.39, 0.29) is 5.91 Å². The molecule has 2 saturated heterocycles. The fourth-order valence-electron chi connectivity index (χ4n) is 4.83. The summed E-state index contributed by atoms with van der Waals surface area (Å²) in [5.74, 6) is 0.105. The minimum atomic E-state index is 0.105. The first-order valence-electron chi connectivity index (χ1n) is 10.5. The van der Waals surface area contributed by atoms with Gasteiger partial charge in [0.25, 0.3) is 5.91 Å². The number of fused-ring (bicyclic) bond motifs is 2. The van der Waals surface area contributed by atoms with Crippen molar-refractivity contribution in [3.8, 4) is 11.3 Å². The predicted molar refractivity (Wildman–Crippen MR) is 114 cm³/mol.